The van der Waals surface area contributed by atoms with E-state index in [0.717, 1.165) is 15.7 Å². The zero-order chi connectivity index (χ0) is 24.7. The van der Waals surface area contributed by atoms with E-state index in [2.05, 4.69) is 30.7 Å². The highest BCUT2D eigenvalue weighted by Crippen LogP contribution is 2.33. The average molecular weight is 478 g/mol. The summed E-state index contributed by atoms with van der Waals surface area (Å²) >= 11 is 0. The number of rotatable bonds is 4. The van der Waals surface area contributed by atoms with Crippen LogP contribution in [0.25, 0.3) is 22.4 Å². The van der Waals surface area contributed by atoms with E-state index in [4.69, 9.17) is 0 Å². The number of nitriles is 1. The number of fused-ring (bicyclic) bond motifs is 1. The van der Waals surface area contributed by atoms with Crippen LogP contribution in [0.5, 0.6) is 0 Å². The first-order valence-corrected chi connectivity index (χ1v) is 9.92. The van der Waals surface area contributed by atoms with Crippen molar-refractivity contribution in [3.63, 3.8) is 0 Å². The molecule has 0 unspecified atom stereocenters. The second kappa shape index (κ2) is 8.06. The van der Waals surface area contributed by atoms with Crippen molar-refractivity contribution in [3.8, 4) is 17.6 Å². The SMILES string of the molecule is Cn1ncc2cccc(-n3cc(C(=O)Nc4cnc(-n5nccn5)c(C#N)c4)c(C(F)(F)F)n3)c21. The topological polar surface area (TPSA) is 132 Å². The molecule has 0 saturated heterocycles. The molecular formula is C21H13F3N10O. The molecule has 0 atom stereocenters. The second-order valence-electron chi connectivity index (χ2n) is 7.30. The number of carbonyl (C=O) groups is 1. The maximum atomic E-state index is 13.8. The molecule has 35 heavy (non-hydrogen) atoms. The van der Waals surface area contributed by atoms with Gasteiger partial charge in [0.15, 0.2) is 11.5 Å². The summed E-state index contributed by atoms with van der Waals surface area (Å²) in [6, 6.07) is 8.15. The third-order valence-electron chi connectivity index (χ3n) is 5.07. The molecule has 5 rings (SSSR count). The van der Waals surface area contributed by atoms with Crippen LogP contribution in [-0.2, 0) is 13.2 Å². The number of alkyl halides is 3. The lowest BCUT2D eigenvalue weighted by Gasteiger charge is -2.08. The van der Waals surface area contributed by atoms with Crippen molar-refractivity contribution in [2.24, 2.45) is 7.05 Å². The number of benzene rings is 1. The summed E-state index contributed by atoms with van der Waals surface area (Å²) in [4.78, 5) is 18.1. The first-order chi connectivity index (χ1) is 16.8. The van der Waals surface area contributed by atoms with E-state index in [-0.39, 0.29) is 17.1 Å². The van der Waals surface area contributed by atoms with E-state index in [9.17, 15) is 23.2 Å². The van der Waals surface area contributed by atoms with Gasteiger partial charge in [-0.05, 0) is 12.1 Å². The summed E-state index contributed by atoms with van der Waals surface area (Å²) in [7, 11) is 1.65. The third kappa shape index (κ3) is 3.84. The van der Waals surface area contributed by atoms with Crippen molar-refractivity contribution >= 4 is 22.5 Å². The Bertz CT molecular complexity index is 1610. The summed E-state index contributed by atoms with van der Waals surface area (Å²) in [5, 5.41) is 28.0. The summed E-state index contributed by atoms with van der Waals surface area (Å²) < 4.78 is 43.9. The van der Waals surface area contributed by atoms with E-state index < -0.39 is 23.3 Å². The Labute approximate surface area is 194 Å². The summed E-state index contributed by atoms with van der Waals surface area (Å²) in [5.41, 5.74) is -1.18. The van der Waals surface area contributed by atoms with Gasteiger partial charge in [0.2, 0.25) is 0 Å². The highest BCUT2D eigenvalue weighted by molar-refractivity contribution is 6.05. The van der Waals surface area contributed by atoms with Crippen molar-refractivity contribution in [1.82, 2.24) is 39.5 Å². The number of aryl methyl sites for hydroxylation is 1. The van der Waals surface area contributed by atoms with Crippen LogP contribution in [-0.4, -0.2) is 45.4 Å². The number of carbonyl (C=O) groups excluding carboxylic acids is 1. The van der Waals surface area contributed by atoms with E-state index in [1.165, 1.54) is 29.3 Å². The number of halogens is 3. The smallest absolute Gasteiger partial charge is 0.320 e. The summed E-state index contributed by atoms with van der Waals surface area (Å²) in [5.74, 6) is -0.972. The maximum absolute atomic E-state index is 13.8. The molecule has 0 fully saturated rings. The highest BCUT2D eigenvalue weighted by Gasteiger charge is 2.39. The molecule has 14 heteroatoms. The van der Waals surface area contributed by atoms with Crippen LogP contribution in [0.4, 0.5) is 18.9 Å². The first kappa shape index (κ1) is 21.8. The normalized spacial score (nSPS) is 11.5. The summed E-state index contributed by atoms with van der Waals surface area (Å²) in [6.45, 7) is 0. The number of nitrogens with one attached hydrogen (secondary N) is 1. The fourth-order valence-electron chi connectivity index (χ4n) is 3.56. The van der Waals surface area contributed by atoms with Gasteiger partial charge < -0.3 is 5.32 Å². The predicted molar refractivity (Wildman–Crippen MR) is 115 cm³/mol. The van der Waals surface area contributed by atoms with Crippen molar-refractivity contribution in [3.05, 3.63) is 72.1 Å². The van der Waals surface area contributed by atoms with Crippen molar-refractivity contribution < 1.29 is 18.0 Å². The number of para-hydroxylation sites is 1. The van der Waals surface area contributed by atoms with Crippen LogP contribution in [0.15, 0.2) is 55.2 Å². The lowest BCUT2D eigenvalue weighted by atomic mass is 10.2. The van der Waals surface area contributed by atoms with Gasteiger partial charge in [-0.25, -0.2) is 9.67 Å². The molecule has 0 aliphatic rings. The first-order valence-electron chi connectivity index (χ1n) is 9.92. The van der Waals surface area contributed by atoms with Gasteiger partial charge in [0.25, 0.3) is 5.91 Å². The predicted octanol–water partition coefficient (Wildman–Crippen LogP) is 2.88. The molecule has 4 heterocycles. The van der Waals surface area contributed by atoms with Gasteiger partial charge in [-0.1, -0.05) is 12.1 Å². The van der Waals surface area contributed by atoms with E-state index in [1.807, 2.05) is 6.07 Å². The minimum absolute atomic E-state index is 0.00799. The number of amides is 1. The standard InChI is InChI=1S/C21H13F3N10O/c1-32-17-12(9-29-32)3-2-4-16(17)33-11-15(18(31-33)21(22,23)24)20(35)30-14-7-13(8-25)19(26-10-14)34-27-5-6-28-34/h2-7,9-11H,1H3,(H,30,35). The Kier molecular flexibility index (Phi) is 5.01. The fourth-order valence-corrected chi connectivity index (χ4v) is 3.56. The Hall–Kier alpha value is -5.06. The van der Waals surface area contributed by atoms with Gasteiger partial charge >= 0.3 is 6.18 Å². The lowest BCUT2D eigenvalue weighted by molar-refractivity contribution is -0.141. The number of pyridine rings is 1. The minimum atomic E-state index is -4.90. The fraction of sp³-hybridized carbons (Fsp3) is 0.0952. The molecule has 0 saturated carbocycles. The molecule has 0 radical (unpaired) electrons. The molecular weight excluding hydrogens is 465 g/mol. The number of anilines is 1. The molecule has 4 aromatic heterocycles. The van der Waals surface area contributed by atoms with Crippen molar-refractivity contribution in [1.29, 1.82) is 5.26 Å². The zero-order valence-electron chi connectivity index (χ0n) is 17.8. The molecule has 0 aliphatic heterocycles. The number of hydrogen-bond acceptors (Lipinski definition) is 7. The zero-order valence-corrected chi connectivity index (χ0v) is 17.8. The Balaban J connectivity index is 1.53. The summed E-state index contributed by atoms with van der Waals surface area (Å²) in [6.07, 6.45) is 1.64. The average Bonchev–Trinajstić information content (AvgIpc) is 3.59. The van der Waals surface area contributed by atoms with Crippen LogP contribution in [0.2, 0.25) is 0 Å². The molecule has 0 spiro atoms. The van der Waals surface area contributed by atoms with Gasteiger partial charge in [-0.15, -0.1) is 4.80 Å². The molecule has 0 aliphatic carbocycles. The monoisotopic (exact) mass is 478 g/mol. The van der Waals surface area contributed by atoms with Crippen LogP contribution in [0.1, 0.15) is 21.6 Å². The minimum Gasteiger partial charge on any atom is -0.320 e. The van der Waals surface area contributed by atoms with Crippen LogP contribution < -0.4 is 5.32 Å². The third-order valence-corrected chi connectivity index (χ3v) is 5.07. The maximum Gasteiger partial charge on any atom is 0.435 e. The molecule has 1 aromatic carbocycles. The van der Waals surface area contributed by atoms with E-state index >= 15 is 0 Å². The van der Waals surface area contributed by atoms with Crippen molar-refractivity contribution in [2.75, 3.05) is 5.32 Å². The highest BCUT2D eigenvalue weighted by atomic mass is 19.4. The van der Waals surface area contributed by atoms with Crippen LogP contribution in [0.3, 0.4) is 0 Å². The second-order valence-corrected chi connectivity index (χ2v) is 7.30. The number of nitrogens with zero attached hydrogens (tertiary/aromatic N) is 9. The Morgan fingerprint density at radius 1 is 1.14 bits per heavy atom. The molecule has 0 bridgehead atoms. The Morgan fingerprint density at radius 2 is 1.91 bits per heavy atom. The van der Waals surface area contributed by atoms with Gasteiger partial charge in [0.05, 0.1) is 47.2 Å². The molecule has 174 valence electrons. The molecule has 5 aromatic rings. The molecule has 11 nitrogen and oxygen atoms in total. The molecule has 1 N–H and O–H groups in total. The lowest BCUT2D eigenvalue weighted by Crippen LogP contribution is -2.18. The largest absolute Gasteiger partial charge is 0.435 e. The van der Waals surface area contributed by atoms with Gasteiger partial charge in [0, 0.05) is 18.6 Å². The molecule has 1 amide bonds. The number of aromatic nitrogens is 8. The van der Waals surface area contributed by atoms with Gasteiger partial charge in [-0.3, -0.25) is 9.48 Å². The van der Waals surface area contributed by atoms with Gasteiger partial charge in [0.1, 0.15) is 11.6 Å². The Morgan fingerprint density at radius 3 is 2.63 bits per heavy atom. The van der Waals surface area contributed by atoms with Crippen LogP contribution in [0, 0.1) is 11.3 Å². The van der Waals surface area contributed by atoms with E-state index in [0.29, 0.717) is 16.6 Å². The van der Waals surface area contributed by atoms with Gasteiger partial charge in [-0.2, -0.15) is 38.8 Å². The van der Waals surface area contributed by atoms with Crippen LogP contribution >= 0.6 is 0 Å². The van der Waals surface area contributed by atoms with E-state index in [1.54, 1.807) is 31.4 Å². The number of hydrogen-bond donors (Lipinski definition) is 1. The van der Waals surface area contributed by atoms with Crippen molar-refractivity contribution in [2.45, 2.75) is 6.18 Å². The quantitative estimate of drug-likeness (QED) is 0.420.